The first-order chi connectivity index (χ1) is 7.20. The van der Waals surface area contributed by atoms with Crippen LogP contribution in [0.2, 0.25) is 0 Å². The van der Waals surface area contributed by atoms with Crippen molar-refractivity contribution in [2.75, 3.05) is 0 Å². The molecule has 0 aromatic heterocycles. The molecule has 0 nitrogen and oxygen atoms in total. The van der Waals surface area contributed by atoms with Gasteiger partial charge in [0, 0.05) is 5.39 Å². The van der Waals surface area contributed by atoms with Crippen LogP contribution in [-0.4, -0.2) is 0 Å². The largest absolute Gasteiger partial charge is 0.206 e. The topological polar surface area (TPSA) is 0 Å². The van der Waals surface area contributed by atoms with Crippen molar-refractivity contribution in [2.45, 2.75) is 26.7 Å². The predicted molar refractivity (Wildman–Crippen MR) is 62.6 cm³/mol. The van der Waals surface area contributed by atoms with Gasteiger partial charge in [0.2, 0.25) is 0 Å². The summed E-state index contributed by atoms with van der Waals surface area (Å²) in [4.78, 5) is 0. The first-order valence-corrected chi connectivity index (χ1v) is 5.39. The predicted octanol–water partition coefficient (Wildman–Crippen LogP) is 4.24. The van der Waals surface area contributed by atoms with E-state index < -0.39 is 0 Å². The van der Waals surface area contributed by atoms with E-state index in [4.69, 9.17) is 0 Å². The van der Waals surface area contributed by atoms with Gasteiger partial charge in [0.05, 0.1) is 0 Å². The highest BCUT2D eigenvalue weighted by Crippen LogP contribution is 2.22. The molecule has 0 unspecified atom stereocenters. The highest BCUT2D eigenvalue weighted by Gasteiger charge is 2.03. The Morgan fingerprint density at radius 2 is 1.93 bits per heavy atom. The van der Waals surface area contributed by atoms with Gasteiger partial charge in [-0.05, 0) is 36.4 Å². The van der Waals surface area contributed by atoms with Crippen LogP contribution in [0.1, 0.15) is 24.5 Å². The van der Waals surface area contributed by atoms with Crippen LogP contribution in [0.15, 0.2) is 30.3 Å². The standard InChI is InChI=1S/C14H15F/c1-3-4-11-8-12-6-5-10(2)7-13(12)14(15)9-11/h5-9H,3-4H2,1-2H3. The molecule has 15 heavy (non-hydrogen) atoms. The van der Waals surface area contributed by atoms with Crippen molar-refractivity contribution in [3.8, 4) is 0 Å². The van der Waals surface area contributed by atoms with E-state index in [1.807, 2.05) is 25.1 Å². The zero-order valence-corrected chi connectivity index (χ0v) is 9.18. The summed E-state index contributed by atoms with van der Waals surface area (Å²) in [6.07, 6.45) is 2.00. The Balaban J connectivity index is 2.62. The molecule has 2 rings (SSSR count). The molecule has 0 aliphatic carbocycles. The molecule has 0 bridgehead atoms. The summed E-state index contributed by atoms with van der Waals surface area (Å²) in [5.41, 5.74) is 2.19. The molecule has 2 aromatic carbocycles. The highest BCUT2D eigenvalue weighted by molar-refractivity contribution is 5.84. The van der Waals surface area contributed by atoms with E-state index in [-0.39, 0.29) is 5.82 Å². The van der Waals surface area contributed by atoms with E-state index in [1.165, 1.54) is 0 Å². The summed E-state index contributed by atoms with van der Waals surface area (Å²) >= 11 is 0. The van der Waals surface area contributed by atoms with Crippen LogP contribution in [-0.2, 0) is 6.42 Å². The third kappa shape index (κ3) is 2.01. The van der Waals surface area contributed by atoms with Crippen LogP contribution < -0.4 is 0 Å². The molecule has 0 heterocycles. The minimum absolute atomic E-state index is 0.0975. The summed E-state index contributed by atoms with van der Waals surface area (Å²) in [5.74, 6) is -0.0975. The van der Waals surface area contributed by atoms with Crippen LogP contribution in [0.5, 0.6) is 0 Å². The van der Waals surface area contributed by atoms with Gasteiger partial charge in [-0.1, -0.05) is 37.1 Å². The van der Waals surface area contributed by atoms with Crippen molar-refractivity contribution in [2.24, 2.45) is 0 Å². The number of hydrogen-bond acceptors (Lipinski definition) is 0. The van der Waals surface area contributed by atoms with E-state index >= 15 is 0 Å². The summed E-state index contributed by atoms with van der Waals surface area (Å²) in [7, 11) is 0. The molecule has 78 valence electrons. The summed E-state index contributed by atoms with van der Waals surface area (Å²) in [5, 5.41) is 1.74. The molecule has 0 amide bonds. The molecule has 0 aliphatic rings. The molecule has 0 saturated carbocycles. The second-order valence-electron chi connectivity index (χ2n) is 4.05. The van der Waals surface area contributed by atoms with Gasteiger partial charge in [0.1, 0.15) is 5.82 Å². The van der Waals surface area contributed by atoms with E-state index in [9.17, 15) is 4.39 Å². The number of rotatable bonds is 2. The van der Waals surface area contributed by atoms with Gasteiger partial charge in [-0.15, -0.1) is 0 Å². The number of aryl methyl sites for hydroxylation is 2. The van der Waals surface area contributed by atoms with Crippen LogP contribution >= 0.6 is 0 Å². The molecule has 0 atom stereocenters. The fraction of sp³-hybridized carbons (Fsp3) is 0.286. The van der Waals surface area contributed by atoms with Crippen LogP contribution in [0.4, 0.5) is 4.39 Å². The van der Waals surface area contributed by atoms with Gasteiger partial charge in [0.15, 0.2) is 0 Å². The van der Waals surface area contributed by atoms with Crippen LogP contribution in [0.25, 0.3) is 10.8 Å². The van der Waals surface area contributed by atoms with Gasteiger partial charge in [-0.2, -0.15) is 0 Å². The Kier molecular flexibility index (Phi) is 2.72. The minimum atomic E-state index is -0.0975. The summed E-state index contributed by atoms with van der Waals surface area (Å²) < 4.78 is 13.8. The lowest BCUT2D eigenvalue weighted by Crippen LogP contribution is -1.88. The molecular formula is C14H15F. The summed E-state index contributed by atoms with van der Waals surface area (Å²) in [6.45, 7) is 4.09. The number of halogens is 1. The van der Waals surface area contributed by atoms with Crippen LogP contribution in [0, 0.1) is 12.7 Å². The highest BCUT2D eigenvalue weighted by atomic mass is 19.1. The Hall–Kier alpha value is -1.37. The van der Waals surface area contributed by atoms with E-state index in [1.54, 1.807) is 6.07 Å². The van der Waals surface area contributed by atoms with Gasteiger partial charge < -0.3 is 0 Å². The lowest BCUT2D eigenvalue weighted by Gasteiger charge is -2.05. The Labute approximate surface area is 89.7 Å². The maximum absolute atomic E-state index is 13.8. The van der Waals surface area contributed by atoms with Crippen molar-refractivity contribution < 1.29 is 4.39 Å². The van der Waals surface area contributed by atoms with Gasteiger partial charge in [0.25, 0.3) is 0 Å². The first-order valence-electron chi connectivity index (χ1n) is 5.39. The number of fused-ring (bicyclic) bond motifs is 1. The fourth-order valence-corrected chi connectivity index (χ4v) is 1.92. The quantitative estimate of drug-likeness (QED) is 0.683. The molecule has 2 aromatic rings. The van der Waals surface area contributed by atoms with Gasteiger partial charge >= 0.3 is 0 Å². The molecule has 0 spiro atoms. The van der Waals surface area contributed by atoms with Crippen molar-refractivity contribution in [1.82, 2.24) is 0 Å². The monoisotopic (exact) mass is 202 g/mol. The molecule has 0 fully saturated rings. The second kappa shape index (κ2) is 4.01. The normalized spacial score (nSPS) is 10.9. The molecule has 0 radical (unpaired) electrons. The molecule has 0 aliphatic heterocycles. The molecular weight excluding hydrogens is 187 g/mol. The lowest BCUT2D eigenvalue weighted by molar-refractivity contribution is 0.637. The van der Waals surface area contributed by atoms with Crippen molar-refractivity contribution >= 4 is 10.8 Å². The van der Waals surface area contributed by atoms with Gasteiger partial charge in [-0.3, -0.25) is 0 Å². The maximum atomic E-state index is 13.8. The summed E-state index contributed by atoms with van der Waals surface area (Å²) in [6, 6.07) is 9.66. The molecule has 1 heteroatoms. The second-order valence-corrected chi connectivity index (χ2v) is 4.05. The Morgan fingerprint density at radius 3 is 2.67 bits per heavy atom. The van der Waals surface area contributed by atoms with Crippen molar-refractivity contribution in [3.63, 3.8) is 0 Å². The van der Waals surface area contributed by atoms with E-state index in [2.05, 4.69) is 13.0 Å². The average molecular weight is 202 g/mol. The Bertz CT molecular complexity index is 486. The van der Waals surface area contributed by atoms with Crippen molar-refractivity contribution in [1.29, 1.82) is 0 Å². The lowest BCUT2D eigenvalue weighted by atomic mass is 10.0. The zero-order chi connectivity index (χ0) is 10.8. The third-order valence-electron chi connectivity index (χ3n) is 2.66. The van der Waals surface area contributed by atoms with Gasteiger partial charge in [-0.25, -0.2) is 4.39 Å². The molecule has 0 N–H and O–H groups in total. The SMILES string of the molecule is CCCc1cc(F)c2cc(C)ccc2c1. The third-order valence-corrected chi connectivity index (χ3v) is 2.66. The number of benzene rings is 2. The van der Waals surface area contributed by atoms with E-state index in [0.717, 1.165) is 34.7 Å². The fourth-order valence-electron chi connectivity index (χ4n) is 1.92. The molecule has 0 saturated heterocycles. The smallest absolute Gasteiger partial charge is 0.131 e. The number of hydrogen-bond donors (Lipinski definition) is 0. The maximum Gasteiger partial charge on any atom is 0.131 e. The first kappa shape index (κ1) is 10.2. The zero-order valence-electron chi connectivity index (χ0n) is 9.18. The minimum Gasteiger partial charge on any atom is -0.206 e. The van der Waals surface area contributed by atoms with Crippen LogP contribution in [0.3, 0.4) is 0 Å². The van der Waals surface area contributed by atoms with E-state index in [0.29, 0.717) is 0 Å². The Morgan fingerprint density at radius 1 is 1.13 bits per heavy atom. The average Bonchev–Trinajstić information content (AvgIpc) is 2.20. The van der Waals surface area contributed by atoms with Crippen molar-refractivity contribution in [3.05, 3.63) is 47.3 Å².